The van der Waals surface area contributed by atoms with Crippen LogP contribution in [-0.2, 0) is 0 Å². The number of benzene rings is 1. The molecule has 1 heterocycles. The van der Waals surface area contributed by atoms with Crippen molar-refractivity contribution >= 4 is 5.82 Å². The third-order valence-electron chi connectivity index (χ3n) is 2.10. The summed E-state index contributed by atoms with van der Waals surface area (Å²) in [6, 6.07) is 6.54. The number of rotatable bonds is 1. The number of anilines is 1. The molecular weight excluding hydrogens is 181 g/mol. The van der Waals surface area contributed by atoms with Crippen molar-refractivity contribution in [2.24, 2.45) is 0 Å². The Hall–Kier alpha value is -1.84. The summed E-state index contributed by atoms with van der Waals surface area (Å²) in [7, 11) is 0. The highest BCUT2D eigenvalue weighted by Crippen LogP contribution is 2.16. The predicted octanol–water partition coefficient (Wildman–Crippen LogP) is 1.90. The van der Waals surface area contributed by atoms with Crippen molar-refractivity contribution in [2.75, 3.05) is 5.73 Å². The van der Waals surface area contributed by atoms with Crippen LogP contribution in [0.25, 0.3) is 5.69 Å². The molecule has 14 heavy (non-hydrogen) atoms. The molecule has 0 bridgehead atoms. The summed E-state index contributed by atoms with van der Waals surface area (Å²) in [5.74, 6) is 0.185. The standard InChI is InChI=1S/C10H10FN3/c1-7-8(11)3-2-4-9(7)14-6-5-10(12)13-14/h2-6H,1H3,(H2,12,13). The van der Waals surface area contributed by atoms with Gasteiger partial charge in [-0.15, -0.1) is 0 Å². The molecule has 0 saturated carbocycles. The van der Waals surface area contributed by atoms with E-state index in [-0.39, 0.29) is 5.82 Å². The van der Waals surface area contributed by atoms with Crippen LogP contribution >= 0.6 is 0 Å². The van der Waals surface area contributed by atoms with Crippen LogP contribution in [0.4, 0.5) is 10.2 Å². The molecule has 0 aliphatic heterocycles. The molecule has 0 radical (unpaired) electrons. The molecule has 1 aromatic heterocycles. The third-order valence-corrected chi connectivity index (χ3v) is 2.10. The molecule has 4 heteroatoms. The molecule has 0 saturated heterocycles. The van der Waals surface area contributed by atoms with Gasteiger partial charge in [0.25, 0.3) is 0 Å². The third kappa shape index (κ3) is 1.35. The predicted molar refractivity (Wildman–Crippen MR) is 52.7 cm³/mol. The largest absolute Gasteiger partial charge is 0.382 e. The molecular formula is C10H10FN3. The minimum absolute atomic E-state index is 0.239. The van der Waals surface area contributed by atoms with Crippen molar-refractivity contribution in [3.63, 3.8) is 0 Å². The maximum Gasteiger partial charge on any atom is 0.145 e. The molecule has 3 nitrogen and oxygen atoms in total. The van der Waals surface area contributed by atoms with Gasteiger partial charge in [0.05, 0.1) is 5.69 Å². The first-order chi connectivity index (χ1) is 6.68. The first kappa shape index (κ1) is 8.74. The van der Waals surface area contributed by atoms with Crippen LogP contribution in [0.5, 0.6) is 0 Å². The van der Waals surface area contributed by atoms with Crippen molar-refractivity contribution in [1.82, 2.24) is 9.78 Å². The zero-order valence-electron chi connectivity index (χ0n) is 7.74. The second kappa shape index (κ2) is 3.14. The lowest BCUT2D eigenvalue weighted by Gasteiger charge is -2.05. The summed E-state index contributed by atoms with van der Waals surface area (Å²) in [6.07, 6.45) is 1.71. The van der Waals surface area contributed by atoms with E-state index in [1.54, 1.807) is 36.0 Å². The molecule has 0 spiro atoms. The molecule has 2 N–H and O–H groups in total. The topological polar surface area (TPSA) is 43.8 Å². The maximum atomic E-state index is 13.2. The van der Waals surface area contributed by atoms with E-state index in [0.717, 1.165) is 0 Å². The monoisotopic (exact) mass is 191 g/mol. The van der Waals surface area contributed by atoms with Crippen molar-refractivity contribution in [1.29, 1.82) is 0 Å². The number of nitrogens with two attached hydrogens (primary N) is 1. The van der Waals surface area contributed by atoms with Crippen LogP contribution in [0.1, 0.15) is 5.56 Å². The Kier molecular flexibility index (Phi) is 1.96. The number of nitrogens with zero attached hydrogens (tertiary/aromatic N) is 2. The van der Waals surface area contributed by atoms with Gasteiger partial charge in [-0.1, -0.05) is 6.07 Å². The molecule has 1 aromatic carbocycles. The second-order valence-electron chi connectivity index (χ2n) is 3.07. The molecule has 0 aliphatic carbocycles. The van der Waals surface area contributed by atoms with E-state index in [4.69, 9.17) is 5.73 Å². The first-order valence-corrected chi connectivity index (χ1v) is 4.25. The van der Waals surface area contributed by atoms with Crippen molar-refractivity contribution < 1.29 is 4.39 Å². The fourth-order valence-electron chi connectivity index (χ4n) is 1.32. The van der Waals surface area contributed by atoms with Gasteiger partial charge in [0.2, 0.25) is 0 Å². The summed E-state index contributed by atoms with van der Waals surface area (Å²) >= 11 is 0. The van der Waals surface area contributed by atoms with E-state index < -0.39 is 0 Å². The molecule has 0 aliphatic rings. The van der Waals surface area contributed by atoms with Gasteiger partial charge >= 0.3 is 0 Å². The van der Waals surface area contributed by atoms with Crippen LogP contribution in [0.15, 0.2) is 30.5 Å². The minimum atomic E-state index is -0.239. The lowest BCUT2D eigenvalue weighted by molar-refractivity contribution is 0.615. The van der Waals surface area contributed by atoms with E-state index >= 15 is 0 Å². The summed E-state index contributed by atoms with van der Waals surface area (Å²) in [5.41, 5.74) is 6.75. The van der Waals surface area contributed by atoms with Gasteiger partial charge in [-0.25, -0.2) is 9.07 Å². The summed E-state index contributed by atoms with van der Waals surface area (Å²) in [4.78, 5) is 0. The fourth-order valence-corrected chi connectivity index (χ4v) is 1.32. The van der Waals surface area contributed by atoms with Crippen molar-refractivity contribution in [3.8, 4) is 5.69 Å². The number of hydrogen-bond acceptors (Lipinski definition) is 2. The Bertz CT molecular complexity index is 462. The van der Waals surface area contributed by atoms with E-state index in [1.165, 1.54) is 6.07 Å². The number of aromatic nitrogens is 2. The van der Waals surface area contributed by atoms with E-state index in [1.807, 2.05) is 0 Å². The zero-order valence-corrected chi connectivity index (χ0v) is 7.74. The van der Waals surface area contributed by atoms with Gasteiger partial charge in [0.1, 0.15) is 11.6 Å². The van der Waals surface area contributed by atoms with Crippen LogP contribution in [-0.4, -0.2) is 9.78 Å². The number of hydrogen-bond donors (Lipinski definition) is 1. The average molecular weight is 191 g/mol. The number of nitrogen functional groups attached to an aromatic ring is 1. The average Bonchev–Trinajstić information content (AvgIpc) is 2.57. The minimum Gasteiger partial charge on any atom is -0.382 e. The highest BCUT2D eigenvalue weighted by Gasteiger charge is 2.05. The summed E-state index contributed by atoms with van der Waals surface area (Å²) in [5, 5.41) is 4.01. The summed E-state index contributed by atoms with van der Waals surface area (Å²) < 4.78 is 14.8. The van der Waals surface area contributed by atoms with Crippen molar-refractivity contribution in [2.45, 2.75) is 6.92 Å². The molecule has 72 valence electrons. The highest BCUT2D eigenvalue weighted by molar-refractivity contribution is 5.41. The fraction of sp³-hybridized carbons (Fsp3) is 0.100. The Labute approximate surface area is 81.0 Å². The van der Waals surface area contributed by atoms with Gasteiger partial charge in [-0.3, -0.25) is 0 Å². The lowest BCUT2D eigenvalue weighted by Crippen LogP contribution is -2.00. The Morgan fingerprint density at radius 1 is 1.36 bits per heavy atom. The Morgan fingerprint density at radius 2 is 2.14 bits per heavy atom. The summed E-state index contributed by atoms with van der Waals surface area (Å²) in [6.45, 7) is 1.71. The van der Waals surface area contributed by atoms with Crippen LogP contribution in [0.2, 0.25) is 0 Å². The van der Waals surface area contributed by atoms with E-state index in [9.17, 15) is 4.39 Å². The Morgan fingerprint density at radius 3 is 2.79 bits per heavy atom. The van der Waals surface area contributed by atoms with E-state index in [2.05, 4.69) is 5.10 Å². The van der Waals surface area contributed by atoms with Crippen LogP contribution < -0.4 is 5.73 Å². The maximum absolute atomic E-state index is 13.2. The van der Waals surface area contributed by atoms with E-state index in [0.29, 0.717) is 17.1 Å². The molecule has 0 fully saturated rings. The van der Waals surface area contributed by atoms with Crippen LogP contribution in [0.3, 0.4) is 0 Å². The van der Waals surface area contributed by atoms with Crippen LogP contribution in [0, 0.1) is 12.7 Å². The lowest BCUT2D eigenvalue weighted by atomic mass is 10.2. The normalized spacial score (nSPS) is 10.4. The first-order valence-electron chi connectivity index (χ1n) is 4.25. The second-order valence-corrected chi connectivity index (χ2v) is 3.07. The molecule has 0 atom stereocenters. The SMILES string of the molecule is Cc1c(F)cccc1-n1ccc(N)n1. The van der Waals surface area contributed by atoms with Crippen molar-refractivity contribution in [3.05, 3.63) is 41.8 Å². The van der Waals surface area contributed by atoms with Gasteiger partial charge < -0.3 is 5.73 Å². The molecule has 0 unspecified atom stereocenters. The zero-order chi connectivity index (χ0) is 10.1. The van der Waals surface area contributed by atoms with Gasteiger partial charge in [-0.05, 0) is 19.1 Å². The number of halogens is 1. The quantitative estimate of drug-likeness (QED) is 0.748. The molecule has 0 amide bonds. The van der Waals surface area contributed by atoms with Gasteiger partial charge in [0, 0.05) is 17.8 Å². The van der Waals surface area contributed by atoms with Gasteiger partial charge in [0.15, 0.2) is 0 Å². The highest BCUT2D eigenvalue weighted by atomic mass is 19.1. The van der Waals surface area contributed by atoms with Gasteiger partial charge in [-0.2, -0.15) is 5.10 Å². The molecule has 2 rings (SSSR count). The Balaban J connectivity index is 2.57. The molecule has 2 aromatic rings. The smallest absolute Gasteiger partial charge is 0.145 e.